The quantitative estimate of drug-likeness (QED) is 0.143. The SMILES string of the molecule is CCCCc1ccccc1.CCCc1ccccc1.CCc1ccc2[nH]ccc2c1.CCc1ccccn1.CCc1cccnc1.CCc1ccncc1.CCc1nc2ccccc2[nH]1. The highest BCUT2D eigenvalue weighted by atomic mass is 14.9. The molecule has 0 amide bonds. The number of H-pyrrole nitrogens is 2. The Morgan fingerprint density at radius 3 is 1.60 bits per heavy atom. The fraction of sp³-hybridized carbons (Fsp3) is 0.288. The van der Waals surface area contributed by atoms with Gasteiger partial charge < -0.3 is 9.97 Å². The molecule has 4 aromatic carbocycles. The number of hydrogen-bond acceptors (Lipinski definition) is 4. The number of unbranched alkanes of at least 4 members (excludes halogenated alkanes) is 1. The van der Waals surface area contributed by atoms with Gasteiger partial charge in [-0.1, -0.05) is 152 Å². The summed E-state index contributed by atoms with van der Waals surface area (Å²) in [6, 6.07) is 52.0. The summed E-state index contributed by atoms with van der Waals surface area (Å²) >= 11 is 0. The van der Waals surface area contributed by atoms with E-state index in [0.29, 0.717) is 0 Å². The second-order valence-corrected chi connectivity index (χ2v) is 15.2. The largest absolute Gasteiger partial charge is 0.361 e. The normalized spacial score (nSPS) is 9.77. The van der Waals surface area contributed by atoms with E-state index in [9.17, 15) is 0 Å². The number of nitrogens with one attached hydrogen (secondary N) is 2. The Labute approximate surface area is 391 Å². The molecule has 0 radical (unpaired) electrons. The molecule has 0 aliphatic rings. The maximum atomic E-state index is 4.38. The first-order valence-corrected chi connectivity index (χ1v) is 23.7. The second kappa shape index (κ2) is 33.8. The van der Waals surface area contributed by atoms with Crippen LogP contribution in [-0.2, 0) is 44.9 Å². The van der Waals surface area contributed by atoms with Crippen molar-refractivity contribution >= 4 is 21.9 Å². The summed E-state index contributed by atoms with van der Waals surface area (Å²) in [6.45, 7) is 15.1. The maximum Gasteiger partial charge on any atom is 0.106 e. The van der Waals surface area contributed by atoms with Gasteiger partial charge in [-0.3, -0.25) is 15.0 Å². The van der Waals surface area contributed by atoms with Crippen molar-refractivity contribution < 1.29 is 0 Å². The molecule has 340 valence electrons. The van der Waals surface area contributed by atoms with Gasteiger partial charge in [0.1, 0.15) is 5.82 Å². The monoisotopic (exact) mass is 867 g/mol. The lowest BCUT2D eigenvalue weighted by atomic mass is 10.1. The molecule has 0 aliphatic heterocycles. The van der Waals surface area contributed by atoms with Crippen molar-refractivity contribution in [1.82, 2.24) is 29.9 Å². The van der Waals surface area contributed by atoms with Crippen LogP contribution < -0.4 is 0 Å². The van der Waals surface area contributed by atoms with Crippen LogP contribution in [0.5, 0.6) is 0 Å². The smallest absolute Gasteiger partial charge is 0.106 e. The topological polar surface area (TPSA) is 83.1 Å². The number of aryl methyl sites for hydroxylation is 7. The van der Waals surface area contributed by atoms with E-state index in [-0.39, 0.29) is 0 Å². The van der Waals surface area contributed by atoms with Crippen LogP contribution in [0.3, 0.4) is 0 Å². The Hall–Kier alpha value is -6.66. The Morgan fingerprint density at radius 1 is 0.431 bits per heavy atom. The number of imidazole rings is 1. The molecule has 0 fully saturated rings. The Balaban J connectivity index is 0.000000202. The number of benzene rings is 4. The van der Waals surface area contributed by atoms with Gasteiger partial charge >= 0.3 is 0 Å². The number of aromatic amines is 2. The van der Waals surface area contributed by atoms with Crippen molar-refractivity contribution in [3.05, 3.63) is 228 Å². The molecule has 0 saturated carbocycles. The van der Waals surface area contributed by atoms with Gasteiger partial charge in [0.2, 0.25) is 0 Å². The number of para-hydroxylation sites is 2. The van der Waals surface area contributed by atoms with E-state index in [1.165, 1.54) is 70.8 Å². The molecule has 2 N–H and O–H groups in total. The minimum absolute atomic E-state index is 0.967. The first kappa shape index (κ1) is 52.7. The van der Waals surface area contributed by atoms with Crippen molar-refractivity contribution in [2.45, 2.75) is 113 Å². The summed E-state index contributed by atoms with van der Waals surface area (Å²) in [5.41, 5.74) is 11.5. The van der Waals surface area contributed by atoms with Gasteiger partial charge in [0, 0.05) is 54.8 Å². The number of aromatic nitrogens is 6. The summed E-state index contributed by atoms with van der Waals surface area (Å²) in [5.74, 6) is 1.06. The van der Waals surface area contributed by atoms with Gasteiger partial charge in [-0.25, -0.2) is 4.98 Å². The van der Waals surface area contributed by atoms with Gasteiger partial charge in [-0.05, 0) is 139 Å². The molecule has 0 atom stereocenters. The second-order valence-electron chi connectivity index (χ2n) is 15.2. The van der Waals surface area contributed by atoms with Crippen molar-refractivity contribution in [3.63, 3.8) is 0 Å². The summed E-state index contributed by atoms with van der Waals surface area (Å²) in [5, 5.41) is 1.31. The van der Waals surface area contributed by atoms with E-state index in [2.05, 4.69) is 169 Å². The highest BCUT2D eigenvalue weighted by molar-refractivity contribution is 5.79. The molecular formula is C59H74N6. The van der Waals surface area contributed by atoms with E-state index < -0.39 is 0 Å². The zero-order valence-electron chi connectivity index (χ0n) is 40.3. The van der Waals surface area contributed by atoms with Crippen LogP contribution >= 0.6 is 0 Å². The van der Waals surface area contributed by atoms with Crippen LogP contribution in [0, 0.1) is 0 Å². The predicted molar refractivity (Wildman–Crippen MR) is 279 cm³/mol. The van der Waals surface area contributed by atoms with E-state index in [0.717, 1.165) is 54.7 Å². The van der Waals surface area contributed by atoms with Crippen LogP contribution in [0.2, 0.25) is 0 Å². The third kappa shape index (κ3) is 22.5. The molecule has 6 heteroatoms. The Kier molecular flexibility index (Phi) is 27.4. The number of pyridine rings is 3. The van der Waals surface area contributed by atoms with E-state index in [1.807, 2.05) is 91.6 Å². The summed E-state index contributed by atoms with van der Waals surface area (Å²) in [7, 11) is 0. The molecule has 5 heterocycles. The van der Waals surface area contributed by atoms with Gasteiger partial charge in [0.15, 0.2) is 0 Å². The molecule has 65 heavy (non-hydrogen) atoms. The van der Waals surface area contributed by atoms with Gasteiger partial charge in [-0.2, -0.15) is 0 Å². The molecule has 9 rings (SSSR count). The first-order chi connectivity index (χ1) is 32.0. The molecule has 0 unspecified atom stereocenters. The molecule has 0 aliphatic carbocycles. The van der Waals surface area contributed by atoms with Gasteiger partial charge in [0.05, 0.1) is 11.0 Å². The third-order valence-corrected chi connectivity index (χ3v) is 10.2. The van der Waals surface area contributed by atoms with Crippen molar-refractivity contribution in [2.75, 3.05) is 0 Å². The molecule has 9 aromatic rings. The van der Waals surface area contributed by atoms with Crippen LogP contribution in [0.15, 0.2) is 189 Å². The number of fused-ring (bicyclic) bond motifs is 2. The van der Waals surface area contributed by atoms with Crippen molar-refractivity contribution in [3.8, 4) is 0 Å². The highest BCUT2D eigenvalue weighted by Crippen LogP contribution is 2.14. The number of rotatable bonds is 10. The lowest BCUT2D eigenvalue weighted by Gasteiger charge is -1.96. The van der Waals surface area contributed by atoms with Gasteiger partial charge in [-0.15, -0.1) is 0 Å². The lowest BCUT2D eigenvalue weighted by Crippen LogP contribution is -1.81. The zero-order chi connectivity index (χ0) is 46.6. The fourth-order valence-electron chi connectivity index (χ4n) is 6.29. The van der Waals surface area contributed by atoms with E-state index in [1.54, 1.807) is 6.20 Å². The maximum absolute atomic E-state index is 4.38. The van der Waals surface area contributed by atoms with Crippen LogP contribution in [0.4, 0.5) is 0 Å². The average Bonchev–Trinajstić information content (AvgIpc) is 4.06. The minimum atomic E-state index is 0.967. The first-order valence-electron chi connectivity index (χ1n) is 23.7. The van der Waals surface area contributed by atoms with E-state index >= 15 is 0 Å². The summed E-state index contributed by atoms with van der Waals surface area (Å²) in [6.07, 6.45) is 22.7. The number of hydrogen-bond donors (Lipinski definition) is 2. The molecule has 5 aromatic heterocycles. The molecule has 6 nitrogen and oxygen atoms in total. The average molecular weight is 867 g/mol. The predicted octanol–water partition coefficient (Wildman–Crippen LogP) is 15.5. The van der Waals surface area contributed by atoms with Crippen molar-refractivity contribution in [1.29, 1.82) is 0 Å². The minimum Gasteiger partial charge on any atom is -0.361 e. The van der Waals surface area contributed by atoms with Crippen LogP contribution in [0.1, 0.15) is 107 Å². The van der Waals surface area contributed by atoms with Gasteiger partial charge in [0.25, 0.3) is 0 Å². The molecule has 0 bridgehead atoms. The van der Waals surface area contributed by atoms with Crippen molar-refractivity contribution in [2.24, 2.45) is 0 Å². The summed E-state index contributed by atoms with van der Waals surface area (Å²) < 4.78 is 0. The van der Waals surface area contributed by atoms with Crippen LogP contribution in [-0.4, -0.2) is 29.9 Å². The summed E-state index contributed by atoms with van der Waals surface area (Å²) in [4.78, 5) is 22.7. The molecule has 0 spiro atoms. The Bertz CT molecular complexity index is 2320. The fourth-order valence-corrected chi connectivity index (χ4v) is 6.29. The van der Waals surface area contributed by atoms with Crippen LogP contribution in [0.25, 0.3) is 21.9 Å². The highest BCUT2D eigenvalue weighted by Gasteiger charge is 1.97. The number of nitrogens with zero attached hydrogens (tertiary/aromatic N) is 4. The molecular weight excluding hydrogens is 793 g/mol. The lowest BCUT2D eigenvalue weighted by molar-refractivity contribution is 0.795. The molecule has 0 saturated heterocycles. The standard InChI is InChI=1S/C10H11N.C10H14.C9H10N2.C9H12.3C7H9N/c1-2-8-3-4-10-9(7-8)5-6-11-10;1-2-3-7-10-8-5-4-6-9-10;1-2-9-10-7-5-3-4-6-8(7)11-9;1-2-6-9-7-4-3-5-8-9;1-2-7-3-5-8-6-4-7;1-2-7-4-3-5-8-6-7;1-2-7-5-3-4-6-8-7/h3-7,11H,2H2,1H3;4-6,8-9H,2-3,7H2,1H3;3-6H,2H2,1H3,(H,10,11);3-5,7-8H,2,6H2,1H3;3*3-6H,2H2,1H3. The third-order valence-electron chi connectivity index (χ3n) is 10.2. The Morgan fingerprint density at radius 2 is 1.08 bits per heavy atom. The van der Waals surface area contributed by atoms with E-state index in [4.69, 9.17) is 0 Å². The zero-order valence-corrected chi connectivity index (χ0v) is 40.3.